The monoisotopic (exact) mass is 640 g/mol. The van der Waals surface area contributed by atoms with E-state index in [1.165, 1.54) is 25.0 Å². The number of benzene rings is 2. The predicted octanol–water partition coefficient (Wildman–Crippen LogP) is 5.81. The molecule has 226 valence electrons. The number of halogens is 2. The van der Waals surface area contributed by atoms with Gasteiger partial charge >= 0.3 is 0 Å². The molecule has 11 heteroatoms. The van der Waals surface area contributed by atoms with Crippen LogP contribution in [0.15, 0.2) is 47.5 Å². The van der Waals surface area contributed by atoms with Gasteiger partial charge in [-0.15, -0.1) is 0 Å². The van der Waals surface area contributed by atoms with Crippen molar-refractivity contribution in [2.75, 3.05) is 31.5 Å². The molecule has 3 aromatic rings. The van der Waals surface area contributed by atoms with E-state index in [-0.39, 0.29) is 38.5 Å². The van der Waals surface area contributed by atoms with Crippen molar-refractivity contribution < 1.29 is 18.0 Å². The normalized spacial score (nSPS) is 19.8. The highest BCUT2D eigenvalue weighted by atomic mass is 35.5. The van der Waals surface area contributed by atoms with E-state index in [0.29, 0.717) is 33.6 Å². The minimum atomic E-state index is -3.83. The standard InChI is InChI=1S/C32H34Cl2N4O4S/c1-20-25(32(40)38-14-6-7-21(38)17-37-12-3-4-13-37)18-36(2)30(20)16-24-23-15-22(10-11-29(23)35-31(24)39)43(41,42)19-26-27(33)8-5-9-28(26)34/h5,8-11,15-16,18,21H,3-4,6-7,12-14,17,19H2,1-2H3,(H,35,39)/b24-16-/t21-/m1/s1. The number of likely N-dealkylation sites (tertiary alicyclic amines) is 2. The van der Waals surface area contributed by atoms with Gasteiger partial charge in [0, 0.05) is 64.9 Å². The van der Waals surface area contributed by atoms with Gasteiger partial charge in [0.25, 0.3) is 11.8 Å². The van der Waals surface area contributed by atoms with Crippen molar-refractivity contribution in [1.29, 1.82) is 0 Å². The number of anilines is 1. The van der Waals surface area contributed by atoms with E-state index in [1.807, 2.05) is 29.6 Å². The summed E-state index contributed by atoms with van der Waals surface area (Å²) in [5.41, 5.74) is 3.78. The summed E-state index contributed by atoms with van der Waals surface area (Å²) in [5.74, 6) is -0.692. The topological polar surface area (TPSA) is 91.7 Å². The number of rotatable bonds is 7. The third-order valence-electron chi connectivity index (χ3n) is 8.84. The third kappa shape index (κ3) is 5.76. The zero-order valence-electron chi connectivity index (χ0n) is 24.2. The summed E-state index contributed by atoms with van der Waals surface area (Å²) in [6.07, 6.45) is 8.01. The van der Waals surface area contributed by atoms with Crippen LogP contribution < -0.4 is 5.32 Å². The molecule has 1 atom stereocenters. The predicted molar refractivity (Wildman–Crippen MR) is 170 cm³/mol. The highest BCUT2D eigenvalue weighted by Crippen LogP contribution is 2.37. The number of sulfone groups is 1. The number of carbonyl (C=O) groups excluding carboxylic acids is 2. The summed E-state index contributed by atoms with van der Waals surface area (Å²) in [4.78, 5) is 31.4. The van der Waals surface area contributed by atoms with E-state index in [0.717, 1.165) is 44.6 Å². The van der Waals surface area contributed by atoms with E-state index in [2.05, 4.69) is 10.2 Å². The summed E-state index contributed by atoms with van der Waals surface area (Å²) in [6.45, 7) is 5.75. The second-order valence-electron chi connectivity index (χ2n) is 11.6. The molecule has 1 N–H and O–H groups in total. The van der Waals surface area contributed by atoms with Gasteiger partial charge in [0.1, 0.15) is 0 Å². The van der Waals surface area contributed by atoms with Gasteiger partial charge < -0.3 is 19.7 Å². The molecule has 0 spiro atoms. The van der Waals surface area contributed by atoms with Crippen molar-refractivity contribution in [3.8, 4) is 0 Å². The summed E-state index contributed by atoms with van der Waals surface area (Å²) >= 11 is 12.5. The first-order valence-electron chi connectivity index (χ1n) is 14.6. The zero-order valence-corrected chi connectivity index (χ0v) is 26.5. The lowest BCUT2D eigenvalue weighted by atomic mass is 10.0. The highest BCUT2D eigenvalue weighted by molar-refractivity contribution is 7.90. The summed E-state index contributed by atoms with van der Waals surface area (Å²) < 4.78 is 28.7. The first kappa shape index (κ1) is 29.9. The number of nitrogens with zero attached hydrogens (tertiary/aromatic N) is 3. The Labute approximate surface area is 262 Å². The van der Waals surface area contributed by atoms with E-state index in [9.17, 15) is 18.0 Å². The third-order valence-corrected chi connectivity index (χ3v) is 11.2. The number of carbonyl (C=O) groups is 2. The van der Waals surface area contributed by atoms with Gasteiger partial charge in [0.15, 0.2) is 9.84 Å². The average molecular weight is 642 g/mol. The Bertz CT molecular complexity index is 1740. The summed E-state index contributed by atoms with van der Waals surface area (Å²) in [6, 6.07) is 9.65. The van der Waals surface area contributed by atoms with Crippen molar-refractivity contribution in [1.82, 2.24) is 14.4 Å². The van der Waals surface area contributed by atoms with Gasteiger partial charge in [-0.25, -0.2) is 8.42 Å². The molecular weight excluding hydrogens is 607 g/mol. The molecule has 3 aliphatic heterocycles. The molecule has 2 saturated heterocycles. The first-order valence-corrected chi connectivity index (χ1v) is 17.0. The van der Waals surface area contributed by atoms with Crippen LogP contribution in [0.4, 0.5) is 5.69 Å². The average Bonchev–Trinajstić information content (AvgIpc) is 3.76. The Morgan fingerprint density at radius 1 is 1.07 bits per heavy atom. The van der Waals surface area contributed by atoms with Crippen LogP contribution in [0.2, 0.25) is 10.0 Å². The number of aryl methyl sites for hydroxylation is 1. The quantitative estimate of drug-likeness (QED) is 0.329. The van der Waals surface area contributed by atoms with Crippen LogP contribution in [0.5, 0.6) is 0 Å². The van der Waals surface area contributed by atoms with E-state index in [4.69, 9.17) is 23.2 Å². The van der Waals surface area contributed by atoms with Gasteiger partial charge in [-0.2, -0.15) is 0 Å². The van der Waals surface area contributed by atoms with Crippen LogP contribution in [0.3, 0.4) is 0 Å². The Kier molecular flexibility index (Phi) is 8.19. The van der Waals surface area contributed by atoms with Crippen molar-refractivity contribution in [2.45, 2.75) is 49.3 Å². The maximum Gasteiger partial charge on any atom is 0.256 e. The highest BCUT2D eigenvalue weighted by Gasteiger charge is 2.34. The van der Waals surface area contributed by atoms with Crippen LogP contribution in [-0.4, -0.2) is 66.8 Å². The molecule has 0 aliphatic carbocycles. The Balaban J connectivity index is 1.30. The molecule has 8 nitrogen and oxygen atoms in total. The molecule has 43 heavy (non-hydrogen) atoms. The van der Waals surface area contributed by atoms with Crippen LogP contribution in [0.25, 0.3) is 11.6 Å². The fraction of sp³-hybridized carbons (Fsp3) is 0.375. The fourth-order valence-corrected chi connectivity index (χ4v) is 8.60. The minimum absolute atomic E-state index is 0.0160. The number of nitrogens with one attached hydrogen (secondary N) is 1. The minimum Gasteiger partial charge on any atom is -0.350 e. The van der Waals surface area contributed by atoms with E-state index in [1.54, 1.807) is 30.3 Å². The van der Waals surface area contributed by atoms with Crippen LogP contribution in [0, 0.1) is 6.92 Å². The molecule has 0 bridgehead atoms. The van der Waals surface area contributed by atoms with E-state index >= 15 is 0 Å². The van der Waals surface area contributed by atoms with Gasteiger partial charge in [-0.1, -0.05) is 29.3 Å². The molecule has 2 amide bonds. The van der Waals surface area contributed by atoms with Crippen LogP contribution >= 0.6 is 23.2 Å². The largest absolute Gasteiger partial charge is 0.350 e. The van der Waals surface area contributed by atoms with Crippen LogP contribution in [0.1, 0.15) is 58.4 Å². The van der Waals surface area contributed by atoms with Gasteiger partial charge in [0.2, 0.25) is 0 Å². The van der Waals surface area contributed by atoms with Crippen molar-refractivity contribution >= 4 is 62.2 Å². The van der Waals surface area contributed by atoms with Crippen molar-refractivity contribution in [2.24, 2.45) is 7.05 Å². The summed E-state index contributed by atoms with van der Waals surface area (Å²) in [5, 5.41) is 3.38. The molecular formula is C32H34Cl2N4O4S. The molecule has 0 saturated carbocycles. The molecule has 3 aliphatic rings. The SMILES string of the molecule is Cc1c(C(=O)N2CCC[C@@H]2CN2CCCC2)cn(C)c1/C=C1\C(=O)Nc2ccc(S(=O)(=O)Cc3c(Cl)cccc3Cl)cc21. The van der Waals surface area contributed by atoms with Gasteiger partial charge in [-0.05, 0) is 87.7 Å². The van der Waals surface area contributed by atoms with Crippen LogP contribution in [-0.2, 0) is 27.4 Å². The van der Waals surface area contributed by atoms with Gasteiger partial charge in [-0.3, -0.25) is 9.59 Å². The zero-order chi connectivity index (χ0) is 30.5. The molecule has 0 unspecified atom stereocenters. The Morgan fingerprint density at radius 3 is 2.51 bits per heavy atom. The molecule has 4 heterocycles. The Morgan fingerprint density at radius 2 is 1.79 bits per heavy atom. The number of amides is 2. The second-order valence-corrected chi connectivity index (χ2v) is 14.4. The summed E-state index contributed by atoms with van der Waals surface area (Å²) in [7, 11) is -1.98. The molecule has 2 fully saturated rings. The Hall–Kier alpha value is -3.11. The lowest BCUT2D eigenvalue weighted by Crippen LogP contribution is -2.42. The van der Waals surface area contributed by atoms with Gasteiger partial charge in [0.05, 0.1) is 21.8 Å². The number of fused-ring (bicyclic) bond motifs is 1. The lowest BCUT2D eigenvalue weighted by molar-refractivity contribution is -0.110. The fourth-order valence-electron chi connectivity index (χ4n) is 6.48. The molecule has 1 aromatic heterocycles. The lowest BCUT2D eigenvalue weighted by Gasteiger charge is -2.28. The van der Waals surface area contributed by atoms with E-state index < -0.39 is 9.84 Å². The second kappa shape index (κ2) is 11.8. The number of aromatic nitrogens is 1. The molecule has 6 rings (SSSR count). The first-order chi connectivity index (χ1) is 20.5. The molecule has 0 radical (unpaired) electrons. The number of hydrogen-bond acceptors (Lipinski definition) is 5. The van der Waals surface area contributed by atoms with Crippen molar-refractivity contribution in [3.63, 3.8) is 0 Å². The number of hydrogen-bond donors (Lipinski definition) is 1. The molecule has 2 aromatic carbocycles. The van der Waals surface area contributed by atoms with Crippen molar-refractivity contribution in [3.05, 3.63) is 80.6 Å². The smallest absolute Gasteiger partial charge is 0.256 e. The maximum absolute atomic E-state index is 13.8. The maximum atomic E-state index is 13.8.